The van der Waals surface area contributed by atoms with E-state index in [1.807, 2.05) is 0 Å². The first kappa shape index (κ1) is 17.4. The summed E-state index contributed by atoms with van der Waals surface area (Å²) in [5.74, 6) is 7.87. The highest BCUT2D eigenvalue weighted by Gasteiger charge is 2.17. The van der Waals surface area contributed by atoms with Crippen LogP contribution in [0.2, 0.25) is 0 Å². The van der Waals surface area contributed by atoms with Gasteiger partial charge in [-0.3, -0.25) is 0 Å². The average Bonchev–Trinajstić information content (AvgIpc) is 2.84. The van der Waals surface area contributed by atoms with E-state index in [1.165, 1.54) is 34.3 Å². The van der Waals surface area contributed by atoms with Crippen LogP contribution in [-0.4, -0.2) is 7.11 Å². The molecule has 2 aromatic rings. The van der Waals surface area contributed by atoms with E-state index in [0.29, 0.717) is 0 Å². The summed E-state index contributed by atoms with van der Waals surface area (Å²) in [6, 6.07) is 17.1. The fourth-order valence-electron chi connectivity index (χ4n) is 3.38. The van der Waals surface area contributed by atoms with Crippen LogP contribution in [0.25, 0.3) is 11.1 Å². The number of fused-ring (bicyclic) bond motifs is 1. The molecule has 0 atom stereocenters. The van der Waals surface area contributed by atoms with Crippen LogP contribution in [0.5, 0.6) is 5.75 Å². The molecule has 0 spiro atoms. The molecule has 1 nitrogen and oxygen atoms in total. The number of rotatable bonds is 4. The maximum atomic E-state index is 5.43. The van der Waals surface area contributed by atoms with Gasteiger partial charge in [-0.05, 0) is 66.1 Å². The molecule has 0 radical (unpaired) electrons. The highest BCUT2D eigenvalue weighted by Crippen LogP contribution is 2.36. The Bertz CT molecular complexity index is 803. The number of allylic oxidation sites excluding steroid dienone is 2. The predicted molar refractivity (Wildman–Crippen MR) is 106 cm³/mol. The van der Waals surface area contributed by atoms with Crippen LogP contribution in [0, 0.1) is 11.8 Å². The molecule has 0 saturated carbocycles. The first-order chi connectivity index (χ1) is 12.3. The standard InChI is InChI=1S/C24H26O/c1-3-4-5-9-14-24-22(19-11-7-6-8-12-19)15-10-13-20-18-21(25-2)16-17-23(20)24/h6-8,11-12,16-18H,3-5,10,13,15H2,1-2H3. The lowest BCUT2D eigenvalue weighted by Crippen LogP contribution is -1.94. The Hall–Kier alpha value is -2.46. The van der Waals surface area contributed by atoms with Crippen LogP contribution in [0.4, 0.5) is 0 Å². The SMILES string of the molecule is CCCCC#CC1=C(c2ccccc2)CCCc2cc(OC)ccc21. The molecule has 2 aromatic carbocycles. The Morgan fingerprint density at radius 3 is 2.64 bits per heavy atom. The lowest BCUT2D eigenvalue weighted by atomic mass is 9.92. The van der Waals surface area contributed by atoms with Crippen molar-refractivity contribution in [2.45, 2.75) is 45.4 Å². The molecule has 0 bridgehead atoms. The summed E-state index contributed by atoms with van der Waals surface area (Å²) in [7, 11) is 1.73. The minimum Gasteiger partial charge on any atom is -0.497 e. The van der Waals surface area contributed by atoms with Gasteiger partial charge in [0.05, 0.1) is 7.11 Å². The number of unbranched alkanes of at least 4 members (excludes halogenated alkanes) is 2. The second-order valence-corrected chi connectivity index (χ2v) is 6.50. The van der Waals surface area contributed by atoms with E-state index in [0.717, 1.165) is 37.9 Å². The van der Waals surface area contributed by atoms with Crippen LogP contribution in [0.15, 0.2) is 48.5 Å². The molecule has 0 heterocycles. The zero-order valence-corrected chi connectivity index (χ0v) is 15.3. The Labute approximate surface area is 151 Å². The smallest absolute Gasteiger partial charge is 0.119 e. The minimum atomic E-state index is 0.931. The van der Waals surface area contributed by atoms with Crippen molar-refractivity contribution in [1.29, 1.82) is 0 Å². The highest BCUT2D eigenvalue weighted by molar-refractivity contribution is 5.99. The second-order valence-electron chi connectivity index (χ2n) is 6.50. The maximum absolute atomic E-state index is 5.43. The summed E-state index contributed by atoms with van der Waals surface area (Å²) in [5, 5.41) is 0. The molecule has 25 heavy (non-hydrogen) atoms. The van der Waals surface area contributed by atoms with Crippen molar-refractivity contribution >= 4 is 11.1 Å². The van der Waals surface area contributed by atoms with Crippen LogP contribution >= 0.6 is 0 Å². The molecule has 0 aromatic heterocycles. The van der Waals surface area contributed by atoms with Crippen molar-refractivity contribution in [3.63, 3.8) is 0 Å². The number of methoxy groups -OCH3 is 1. The van der Waals surface area contributed by atoms with Gasteiger partial charge in [0.2, 0.25) is 0 Å². The average molecular weight is 330 g/mol. The first-order valence-corrected chi connectivity index (χ1v) is 9.28. The molecule has 1 aliphatic carbocycles. The third-order valence-electron chi connectivity index (χ3n) is 4.75. The van der Waals surface area contributed by atoms with Crippen LogP contribution < -0.4 is 4.74 Å². The molecule has 0 aliphatic heterocycles. The maximum Gasteiger partial charge on any atom is 0.119 e. The quantitative estimate of drug-likeness (QED) is 0.483. The summed E-state index contributed by atoms with van der Waals surface area (Å²) in [4.78, 5) is 0. The van der Waals surface area contributed by atoms with E-state index in [2.05, 4.69) is 67.3 Å². The third-order valence-corrected chi connectivity index (χ3v) is 4.75. The summed E-state index contributed by atoms with van der Waals surface area (Å²) in [6.45, 7) is 2.21. The van der Waals surface area contributed by atoms with E-state index in [-0.39, 0.29) is 0 Å². The molecule has 1 heteroatoms. The lowest BCUT2D eigenvalue weighted by molar-refractivity contribution is 0.414. The molecule has 1 aliphatic rings. The van der Waals surface area contributed by atoms with Crippen LogP contribution in [-0.2, 0) is 6.42 Å². The van der Waals surface area contributed by atoms with Gasteiger partial charge in [-0.15, -0.1) is 0 Å². The fraction of sp³-hybridized carbons (Fsp3) is 0.333. The Balaban J connectivity index is 2.12. The van der Waals surface area contributed by atoms with Crippen LogP contribution in [0.3, 0.4) is 0 Å². The van der Waals surface area contributed by atoms with Crippen LogP contribution in [0.1, 0.15) is 55.7 Å². The van der Waals surface area contributed by atoms with Crippen molar-refractivity contribution < 1.29 is 4.74 Å². The zero-order valence-electron chi connectivity index (χ0n) is 15.3. The predicted octanol–water partition coefficient (Wildman–Crippen LogP) is 6.14. The van der Waals surface area contributed by atoms with Gasteiger partial charge in [-0.1, -0.05) is 55.5 Å². The minimum absolute atomic E-state index is 0.931. The Morgan fingerprint density at radius 1 is 1.04 bits per heavy atom. The topological polar surface area (TPSA) is 9.23 Å². The zero-order chi connectivity index (χ0) is 17.5. The monoisotopic (exact) mass is 330 g/mol. The molecular weight excluding hydrogens is 304 g/mol. The largest absolute Gasteiger partial charge is 0.497 e. The van der Waals surface area contributed by atoms with E-state index in [4.69, 9.17) is 4.74 Å². The molecule has 3 rings (SSSR count). The summed E-state index contributed by atoms with van der Waals surface area (Å²) in [6.07, 6.45) is 6.60. The van der Waals surface area contributed by atoms with Gasteiger partial charge in [-0.25, -0.2) is 0 Å². The molecule has 0 unspecified atom stereocenters. The van der Waals surface area contributed by atoms with Crippen molar-refractivity contribution in [3.05, 3.63) is 65.2 Å². The van der Waals surface area contributed by atoms with E-state index in [9.17, 15) is 0 Å². The second kappa shape index (κ2) is 8.58. The lowest BCUT2D eigenvalue weighted by Gasteiger charge is -2.12. The van der Waals surface area contributed by atoms with Crippen molar-refractivity contribution in [1.82, 2.24) is 0 Å². The van der Waals surface area contributed by atoms with E-state index >= 15 is 0 Å². The Kier molecular flexibility index (Phi) is 5.96. The molecule has 0 fully saturated rings. The number of aryl methyl sites for hydroxylation is 1. The molecule has 0 amide bonds. The molecule has 0 saturated heterocycles. The van der Waals surface area contributed by atoms with Gasteiger partial charge in [-0.2, -0.15) is 0 Å². The highest BCUT2D eigenvalue weighted by atomic mass is 16.5. The Morgan fingerprint density at radius 2 is 1.88 bits per heavy atom. The molecular formula is C24H26O. The summed E-state index contributed by atoms with van der Waals surface area (Å²) in [5.41, 5.74) is 6.52. The van der Waals surface area contributed by atoms with Gasteiger partial charge in [0.15, 0.2) is 0 Å². The van der Waals surface area contributed by atoms with Crippen molar-refractivity contribution in [3.8, 4) is 17.6 Å². The van der Waals surface area contributed by atoms with Crippen molar-refractivity contribution in [2.24, 2.45) is 0 Å². The van der Waals surface area contributed by atoms with Gasteiger partial charge in [0.25, 0.3) is 0 Å². The van der Waals surface area contributed by atoms with Gasteiger partial charge in [0, 0.05) is 12.0 Å². The number of hydrogen-bond acceptors (Lipinski definition) is 1. The first-order valence-electron chi connectivity index (χ1n) is 9.28. The van der Waals surface area contributed by atoms with E-state index < -0.39 is 0 Å². The molecule has 128 valence electrons. The normalized spacial score (nSPS) is 13.5. The summed E-state index contributed by atoms with van der Waals surface area (Å²) >= 11 is 0. The number of hydrogen-bond donors (Lipinski definition) is 0. The number of ether oxygens (including phenoxy) is 1. The van der Waals surface area contributed by atoms with Gasteiger partial charge >= 0.3 is 0 Å². The van der Waals surface area contributed by atoms with Gasteiger partial charge < -0.3 is 4.74 Å². The third kappa shape index (κ3) is 4.15. The van der Waals surface area contributed by atoms with E-state index in [1.54, 1.807) is 7.11 Å². The fourth-order valence-corrected chi connectivity index (χ4v) is 3.38. The van der Waals surface area contributed by atoms with Crippen molar-refractivity contribution in [2.75, 3.05) is 7.11 Å². The molecule has 0 N–H and O–H groups in total. The van der Waals surface area contributed by atoms with Gasteiger partial charge in [0.1, 0.15) is 5.75 Å². The summed E-state index contributed by atoms with van der Waals surface area (Å²) < 4.78 is 5.43. The number of benzene rings is 2.